The van der Waals surface area contributed by atoms with Gasteiger partial charge in [-0.3, -0.25) is 9.80 Å². The van der Waals surface area contributed by atoms with E-state index in [2.05, 4.69) is 60.9 Å². The van der Waals surface area contributed by atoms with Crippen LogP contribution in [0.4, 0.5) is 9.59 Å². The maximum Gasteiger partial charge on any atom is 0.322 e. The Morgan fingerprint density at radius 1 is 0.675 bits per heavy atom. The first-order valence-corrected chi connectivity index (χ1v) is 15.5. The van der Waals surface area contributed by atoms with E-state index in [1.54, 1.807) is 9.80 Å². The Kier molecular flexibility index (Phi) is 8.69. The van der Waals surface area contributed by atoms with Crippen LogP contribution in [0.2, 0.25) is 0 Å². The van der Waals surface area contributed by atoms with Gasteiger partial charge in [-0.2, -0.15) is 0 Å². The number of benzene rings is 2. The van der Waals surface area contributed by atoms with E-state index in [1.165, 1.54) is 62.5 Å². The number of nitrogens with one attached hydrogen (secondary N) is 2. The van der Waals surface area contributed by atoms with E-state index in [4.69, 9.17) is 0 Å². The van der Waals surface area contributed by atoms with Gasteiger partial charge in [0.2, 0.25) is 0 Å². The molecule has 0 bridgehead atoms. The number of aliphatic hydroxyl groups excluding tert-OH is 1. The van der Waals surface area contributed by atoms with Gasteiger partial charge in [0, 0.05) is 11.1 Å². The molecule has 2 aromatic carbocycles. The van der Waals surface area contributed by atoms with E-state index in [9.17, 15) is 14.7 Å². The molecule has 2 aromatic rings. The second-order valence-corrected chi connectivity index (χ2v) is 11.9. The standard InChI is InChI=1S/C33H46N4O3/c1-3-5-7-9-11-13-25-15-19-27(20-16-25)32-33(28-21-17-26(18-22-28)14-12-10-8-6-4-2)36(30(39)34-32)23-29(38)24-37(33)31(40)35-32/h15-22,29,38H,3-14,23-24H2,1-2H3,(H,34,39)(H,35,40). The van der Waals surface area contributed by atoms with E-state index in [-0.39, 0.29) is 25.2 Å². The van der Waals surface area contributed by atoms with Crippen molar-refractivity contribution < 1.29 is 14.7 Å². The van der Waals surface area contributed by atoms with Crippen LogP contribution in [0.25, 0.3) is 0 Å². The molecule has 40 heavy (non-hydrogen) atoms. The van der Waals surface area contributed by atoms with Gasteiger partial charge >= 0.3 is 12.1 Å². The summed E-state index contributed by atoms with van der Waals surface area (Å²) in [5.41, 5.74) is 1.95. The lowest BCUT2D eigenvalue weighted by atomic mass is 9.79. The Balaban J connectivity index is 1.45. The smallest absolute Gasteiger partial charge is 0.322 e. The summed E-state index contributed by atoms with van der Waals surface area (Å²) in [5.74, 6) is 0. The van der Waals surface area contributed by atoms with Crippen LogP contribution in [0.3, 0.4) is 0 Å². The molecule has 3 N–H and O–H groups in total. The number of carbonyl (C=O) groups is 2. The normalized spacial score (nSPS) is 25.2. The molecule has 0 atom stereocenters. The minimum Gasteiger partial charge on any atom is -0.389 e. The fraction of sp³-hybridized carbons (Fsp3) is 0.576. The molecule has 7 heteroatoms. The Hall–Kier alpha value is -3.06. The Morgan fingerprint density at radius 3 is 1.55 bits per heavy atom. The number of aliphatic hydroxyl groups is 1. The maximum atomic E-state index is 13.5. The van der Waals surface area contributed by atoms with Crippen LogP contribution in [0.5, 0.6) is 0 Å². The van der Waals surface area contributed by atoms with Crippen LogP contribution < -0.4 is 10.6 Å². The molecular weight excluding hydrogens is 500 g/mol. The number of unbranched alkanes of at least 4 members (excludes halogenated alkanes) is 8. The third kappa shape index (κ3) is 4.98. The molecule has 0 aliphatic carbocycles. The maximum absolute atomic E-state index is 13.5. The van der Waals surface area contributed by atoms with Gasteiger partial charge in [-0.25, -0.2) is 9.59 Å². The molecule has 3 aliphatic rings. The monoisotopic (exact) mass is 546 g/mol. The summed E-state index contributed by atoms with van der Waals surface area (Å²) in [5, 5.41) is 17.0. The zero-order valence-corrected chi connectivity index (χ0v) is 24.3. The second kappa shape index (κ2) is 12.2. The minimum absolute atomic E-state index is 0.161. The molecule has 0 spiro atoms. The van der Waals surface area contributed by atoms with Crippen molar-refractivity contribution in [2.45, 2.75) is 108 Å². The van der Waals surface area contributed by atoms with Gasteiger partial charge in [0.25, 0.3) is 0 Å². The predicted molar refractivity (Wildman–Crippen MR) is 158 cm³/mol. The summed E-state index contributed by atoms with van der Waals surface area (Å²) in [7, 11) is 0. The topological polar surface area (TPSA) is 84.9 Å². The Labute approximate surface area is 239 Å². The molecule has 0 aromatic heterocycles. The van der Waals surface area contributed by atoms with Crippen LogP contribution in [-0.2, 0) is 24.2 Å². The minimum atomic E-state index is -1.16. The highest BCUT2D eigenvalue weighted by atomic mass is 16.3. The van der Waals surface area contributed by atoms with Gasteiger partial charge in [-0.05, 0) is 36.8 Å². The summed E-state index contributed by atoms with van der Waals surface area (Å²) in [6.45, 7) is 4.78. The van der Waals surface area contributed by atoms with Gasteiger partial charge in [0.15, 0.2) is 11.3 Å². The van der Waals surface area contributed by atoms with E-state index in [0.29, 0.717) is 0 Å². The first kappa shape index (κ1) is 28.5. The average Bonchev–Trinajstić information content (AvgIpc) is 3.36. The van der Waals surface area contributed by atoms with E-state index < -0.39 is 17.4 Å². The lowest BCUT2D eigenvalue weighted by Crippen LogP contribution is -2.67. The van der Waals surface area contributed by atoms with E-state index >= 15 is 0 Å². The average molecular weight is 547 g/mol. The van der Waals surface area contributed by atoms with Crippen LogP contribution >= 0.6 is 0 Å². The van der Waals surface area contributed by atoms with Crippen molar-refractivity contribution in [2.75, 3.05) is 13.1 Å². The molecule has 216 valence electrons. The van der Waals surface area contributed by atoms with E-state index in [1.807, 2.05) is 12.1 Å². The predicted octanol–water partition coefficient (Wildman–Crippen LogP) is 6.14. The van der Waals surface area contributed by atoms with Crippen molar-refractivity contribution in [2.24, 2.45) is 0 Å². The zero-order valence-electron chi connectivity index (χ0n) is 24.3. The fourth-order valence-corrected chi connectivity index (χ4v) is 6.98. The van der Waals surface area contributed by atoms with Crippen LogP contribution in [0, 0.1) is 0 Å². The van der Waals surface area contributed by atoms with Crippen LogP contribution in [0.1, 0.15) is 100 Å². The highest BCUT2D eigenvalue weighted by Crippen LogP contribution is 2.55. The SMILES string of the molecule is CCCCCCCc1ccc(C23NC(=O)N4CC(O)CN(C(=O)N2)C43c2ccc(CCCCCCC)cc2)cc1. The summed E-state index contributed by atoms with van der Waals surface area (Å²) in [6, 6.07) is 16.2. The van der Waals surface area contributed by atoms with Crippen LogP contribution in [-0.4, -0.2) is 46.2 Å². The number of amides is 4. The number of urea groups is 2. The first-order chi connectivity index (χ1) is 19.5. The lowest BCUT2D eigenvalue weighted by molar-refractivity contribution is -0.0847. The summed E-state index contributed by atoms with van der Waals surface area (Å²) in [6.07, 6.45) is 13.6. The third-order valence-electron chi connectivity index (χ3n) is 9.05. The zero-order chi connectivity index (χ0) is 28.2. The molecule has 3 saturated heterocycles. The number of hydrogen-bond acceptors (Lipinski definition) is 3. The molecule has 3 fully saturated rings. The largest absolute Gasteiger partial charge is 0.389 e. The molecule has 0 unspecified atom stereocenters. The quantitative estimate of drug-likeness (QED) is 0.249. The first-order valence-electron chi connectivity index (χ1n) is 15.5. The molecule has 4 amide bonds. The molecule has 0 saturated carbocycles. The Morgan fingerprint density at radius 2 is 1.10 bits per heavy atom. The summed E-state index contributed by atoms with van der Waals surface area (Å²) in [4.78, 5) is 30.4. The van der Waals surface area contributed by atoms with Gasteiger partial charge in [-0.1, -0.05) is 114 Å². The van der Waals surface area contributed by atoms with Gasteiger partial charge < -0.3 is 15.7 Å². The van der Waals surface area contributed by atoms with Gasteiger partial charge in [0.1, 0.15) is 0 Å². The highest BCUT2D eigenvalue weighted by Gasteiger charge is 2.75. The number of carbonyl (C=O) groups excluding carboxylic acids is 2. The van der Waals surface area contributed by atoms with Crippen molar-refractivity contribution >= 4 is 12.1 Å². The number of nitrogens with zero attached hydrogens (tertiary/aromatic N) is 2. The molecule has 7 nitrogen and oxygen atoms in total. The molecule has 3 heterocycles. The van der Waals surface area contributed by atoms with Crippen molar-refractivity contribution in [3.63, 3.8) is 0 Å². The molecular formula is C33H46N4O3. The van der Waals surface area contributed by atoms with Crippen molar-refractivity contribution in [1.29, 1.82) is 0 Å². The third-order valence-corrected chi connectivity index (χ3v) is 9.05. The van der Waals surface area contributed by atoms with Crippen molar-refractivity contribution in [3.05, 3.63) is 70.8 Å². The molecule has 0 radical (unpaired) electrons. The number of rotatable bonds is 14. The lowest BCUT2D eigenvalue weighted by Gasteiger charge is -2.51. The van der Waals surface area contributed by atoms with E-state index in [0.717, 1.165) is 36.8 Å². The molecule has 3 aliphatic heterocycles. The van der Waals surface area contributed by atoms with Crippen molar-refractivity contribution in [3.8, 4) is 0 Å². The molecule has 5 rings (SSSR count). The summed E-state index contributed by atoms with van der Waals surface area (Å²) < 4.78 is 0. The van der Waals surface area contributed by atoms with Gasteiger partial charge in [0.05, 0.1) is 19.2 Å². The van der Waals surface area contributed by atoms with Crippen molar-refractivity contribution in [1.82, 2.24) is 20.4 Å². The number of hydrogen-bond donors (Lipinski definition) is 3. The highest BCUT2D eigenvalue weighted by molar-refractivity contribution is 5.90. The van der Waals surface area contributed by atoms with Gasteiger partial charge in [-0.15, -0.1) is 0 Å². The van der Waals surface area contributed by atoms with Crippen LogP contribution in [0.15, 0.2) is 48.5 Å². The number of aryl methyl sites for hydroxylation is 2. The fourth-order valence-electron chi connectivity index (χ4n) is 6.98. The summed E-state index contributed by atoms with van der Waals surface area (Å²) >= 11 is 0. The second-order valence-electron chi connectivity index (χ2n) is 11.9. The Bertz CT molecular complexity index is 1140.